The fourth-order valence-corrected chi connectivity index (χ4v) is 1.97. The van der Waals surface area contributed by atoms with Gasteiger partial charge in [-0.1, -0.05) is 12.1 Å². The van der Waals surface area contributed by atoms with Crippen LogP contribution >= 0.6 is 0 Å². The summed E-state index contributed by atoms with van der Waals surface area (Å²) in [5.74, 6) is 0.139. The molecule has 1 aromatic rings. The second-order valence-electron chi connectivity index (χ2n) is 3.67. The maximum atomic E-state index is 13.3. The van der Waals surface area contributed by atoms with E-state index in [9.17, 15) is 4.39 Å². The highest BCUT2D eigenvalue weighted by molar-refractivity contribution is 5.31. The predicted octanol–water partition coefficient (Wildman–Crippen LogP) is 1.92. The second-order valence-corrected chi connectivity index (χ2v) is 3.67. The molecule has 1 aliphatic rings. The van der Waals surface area contributed by atoms with Gasteiger partial charge in [0.15, 0.2) is 0 Å². The van der Waals surface area contributed by atoms with Gasteiger partial charge in [0.25, 0.3) is 0 Å². The third kappa shape index (κ3) is 1.59. The Morgan fingerprint density at radius 3 is 3.08 bits per heavy atom. The van der Waals surface area contributed by atoms with Crippen molar-refractivity contribution in [2.24, 2.45) is 5.92 Å². The van der Waals surface area contributed by atoms with Crippen molar-refractivity contribution in [3.63, 3.8) is 0 Å². The van der Waals surface area contributed by atoms with Gasteiger partial charge in [-0.3, -0.25) is 0 Å². The third-order valence-electron chi connectivity index (χ3n) is 2.79. The van der Waals surface area contributed by atoms with E-state index < -0.39 is 0 Å². The Morgan fingerprint density at radius 2 is 2.31 bits per heavy atom. The number of hydrogen-bond acceptors (Lipinski definition) is 1. The minimum absolute atomic E-state index is 0.115. The zero-order valence-corrected chi connectivity index (χ0v) is 7.46. The molecule has 0 saturated heterocycles. The molecule has 0 aliphatic heterocycles. The van der Waals surface area contributed by atoms with Crippen molar-refractivity contribution in [2.45, 2.75) is 19.3 Å². The van der Waals surface area contributed by atoms with Crippen LogP contribution in [0.1, 0.15) is 17.5 Å². The predicted molar refractivity (Wildman–Crippen MR) is 49.0 cm³/mol. The number of aryl methyl sites for hydroxylation is 1. The van der Waals surface area contributed by atoms with Crippen molar-refractivity contribution >= 4 is 0 Å². The molecule has 0 aromatic heterocycles. The van der Waals surface area contributed by atoms with Gasteiger partial charge < -0.3 is 5.11 Å². The van der Waals surface area contributed by atoms with Crippen LogP contribution < -0.4 is 0 Å². The maximum Gasteiger partial charge on any atom is 0.126 e. The number of fused-ring (bicyclic) bond motifs is 1. The van der Waals surface area contributed by atoms with Gasteiger partial charge in [-0.2, -0.15) is 0 Å². The number of halogens is 1. The quantitative estimate of drug-likeness (QED) is 0.700. The van der Waals surface area contributed by atoms with Gasteiger partial charge in [0, 0.05) is 6.61 Å². The molecule has 1 aromatic carbocycles. The average Bonchev–Trinajstić information content (AvgIpc) is 2.18. The zero-order valence-electron chi connectivity index (χ0n) is 7.46. The summed E-state index contributed by atoms with van der Waals surface area (Å²) in [6.45, 7) is 0.174. The molecule has 0 bridgehead atoms. The molecule has 1 nitrogen and oxygen atoms in total. The molecule has 1 unspecified atom stereocenters. The molecule has 2 rings (SSSR count). The Morgan fingerprint density at radius 1 is 1.46 bits per heavy atom. The smallest absolute Gasteiger partial charge is 0.126 e. The van der Waals surface area contributed by atoms with E-state index >= 15 is 0 Å². The van der Waals surface area contributed by atoms with E-state index in [1.54, 1.807) is 6.07 Å². The molecule has 2 heteroatoms. The zero-order chi connectivity index (χ0) is 9.26. The highest BCUT2D eigenvalue weighted by Crippen LogP contribution is 2.26. The fraction of sp³-hybridized carbons (Fsp3) is 0.455. The summed E-state index contributed by atoms with van der Waals surface area (Å²) < 4.78 is 13.3. The summed E-state index contributed by atoms with van der Waals surface area (Å²) in [7, 11) is 0. The van der Waals surface area contributed by atoms with E-state index in [-0.39, 0.29) is 18.3 Å². The number of rotatable bonds is 1. The summed E-state index contributed by atoms with van der Waals surface area (Å²) in [6, 6.07) is 5.23. The molecule has 0 amide bonds. The molecule has 1 atom stereocenters. The van der Waals surface area contributed by atoms with Crippen LogP contribution in [0.4, 0.5) is 4.39 Å². The van der Waals surface area contributed by atoms with Crippen LogP contribution in [0.3, 0.4) is 0 Å². The molecule has 0 saturated carbocycles. The maximum absolute atomic E-state index is 13.3. The molecule has 13 heavy (non-hydrogen) atoms. The topological polar surface area (TPSA) is 20.2 Å². The Hall–Kier alpha value is -0.890. The van der Waals surface area contributed by atoms with Crippen molar-refractivity contribution in [1.82, 2.24) is 0 Å². The fourth-order valence-electron chi connectivity index (χ4n) is 1.97. The van der Waals surface area contributed by atoms with Crippen molar-refractivity contribution < 1.29 is 9.50 Å². The van der Waals surface area contributed by atoms with Crippen molar-refractivity contribution in [3.8, 4) is 0 Å². The number of benzene rings is 1. The third-order valence-corrected chi connectivity index (χ3v) is 2.79. The summed E-state index contributed by atoms with van der Waals surface area (Å²) in [6.07, 6.45) is 2.57. The molecule has 0 heterocycles. The molecule has 0 spiro atoms. The number of aliphatic hydroxyl groups excluding tert-OH is 1. The first-order chi connectivity index (χ1) is 6.31. The summed E-state index contributed by atoms with van der Waals surface area (Å²) in [5, 5.41) is 8.99. The van der Waals surface area contributed by atoms with Crippen LogP contribution in [0.15, 0.2) is 18.2 Å². The lowest BCUT2D eigenvalue weighted by atomic mass is 9.84. The van der Waals surface area contributed by atoms with Gasteiger partial charge >= 0.3 is 0 Å². The number of aliphatic hydroxyl groups is 1. The van der Waals surface area contributed by atoms with Crippen LogP contribution in [0, 0.1) is 11.7 Å². The molecule has 70 valence electrons. The summed E-state index contributed by atoms with van der Waals surface area (Å²) >= 11 is 0. The van der Waals surface area contributed by atoms with Crippen LogP contribution in [-0.2, 0) is 12.8 Å². The van der Waals surface area contributed by atoms with Gasteiger partial charge in [0.1, 0.15) is 5.82 Å². The molecular formula is C11H13FO. The van der Waals surface area contributed by atoms with Crippen LogP contribution in [-0.4, -0.2) is 11.7 Å². The lowest BCUT2D eigenvalue weighted by molar-refractivity contribution is 0.212. The normalized spacial score (nSPS) is 21.2. The van der Waals surface area contributed by atoms with Crippen molar-refractivity contribution in [2.75, 3.05) is 6.61 Å². The van der Waals surface area contributed by atoms with Crippen molar-refractivity contribution in [1.29, 1.82) is 0 Å². The minimum Gasteiger partial charge on any atom is -0.396 e. The Kier molecular flexibility index (Phi) is 2.32. The van der Waals surface area contributed by atoms with Crippen LogP contribution in [0.2, 0.25) is 0 Å². The summed E-state index contributed by atoms with van der Waals surface area (Å²) in [4.78, 5) is 0. The first kappa shape index (κ1) is 8.70. The lowest BCUT2D eigenvalue weighted by Gasteiger charge is -2.22. The largest absolute Gasteiger partial charge is 0.396 e. The minimum atomic E-state index is -0.115. The standard InChI is InChI=1S/C11H13FO/c12-11-3-1-2-9-5-4-8(7-13)6-10(9)11/h1-3,8,13H,4-7H2. The van der Waals surface area contributed by atoms with E-state index in [4.69, 9.17) is 5.11 Å². The Labute approximate surface area is 77.2 Å². The number of hydrogen-bond donors (Lipinski definition) is 1. The van der Waals surface area contributed by atoms with E-state index in [0.717, 1.165) is 24.0 Å². The van der Waals surface area contributed by atoms with E-state index in [0.29, 0.717) is 6.42 Å². The van der Waals surface area contributed by atoms with E-state index in [1.807, 2.05) is 6.07 Å². The average molecular weight is 180 g/mol. The van der Waals surface area contributed by atoms with Crippen LogP contribution in [0.5, 0.6) is 0 Å². The first-order valence-electron chi connectivity index (χ1n) is 4.68. The summed E-state index contributed by atoms with van der Waals surface area (Å²) in [5.41, 5.74) is 1.93. The Bertz CT molecular complexity index is 309. The second kappa shape index (κ2) is 3.46. The van der Waals surface area contributed by atoms with Crippen molar-refractivity contribution in [3.05, 3.63) is 35.1 Å². The molecule has 0 fully saturated rings. The van der Waals surface area contributed by atoms with Gasteiger partial charge in [-0.15, -0.1) is 0 Å². The highest BCUT2D eigenvalue weighted by Gasteiger charge is 2.20. The monoisotopic (exact) mass is 180 g/mol. The molecule has 1 N–H and O–H groups in total. The first-order valence-corrected chi connectivity index (χ1v) is 4.68. The van der Waals surface area contributed by atoms with E-state index in [1.165, 1.54) is 6.07 Å². The molecular weight excluding hydrogens is 167 g/mol. The van der Waals surface area contributed by atoms with Gasteiger partial charge in [-0.05, 0) is 42.4 Å². The lowest BCUT2D eigenvalue weighted by Crippen LogP contribution is -2.18. The highest BCUT2D eigenvalue weighted by atomic mass is 19.1. The van der Waals surface area contributed by atoms with E-state index in [2.05, 4.69) is 0 Å². The van der Waals surface area contributed by atoms with Gasteiger partial charge in [0.05, 0.1) is 0 Å². The van der Waals surface area contributed by atoms with Gasteiger partial charge in [0.2, 0.25) is 0 Å². The van der Waals surface area contributed by atoms with Crippen LogP contribution in [0.25, 0.3) is 0 Å². The molecule has 0 radical (unpaired) electrons. The Balaban J connectivity index is 2.32. The SMILES string of the molecule is OCC1CCc2cccc(F)c2C1. The van der Waals surface area contributed by atoms with Gasteiger partial charge in [-0.25, -0.2) is 4.39 Å². The molecule has 1 aliphatic carbocycles.